The Morgan fingerprint density at radius 1 is 1.19 bits per heavy atom. The average molecular weight is 311 g/mol. The summed E-state index contributed by atoms with van der Waals surface area (Å²) < 4.78 is 23.5. The van der Waals surface area contributed by atoms with Crippen molar-refractivity contribution in [1.82, 2.24) is 4.90 Å². The lowest BCUT2D eigenvalue weighted by molar-refractivity contribution is -0.128. The molecule has 1 aliphatic rings. The van der Waals surface area contributed by atoms with E-state index in [-0.39, 0.29) is 16.5 Å². The number of nitrogens with zero attached hydrogens (tertiary/aromatic N) is 2. The van der Waals surface area contributed by atoms with Crippen LogP contribution in [0.15, 0.2) is 23.1 Å². The molecule has 1 aliphatic heterocycles. The highest BCUT2D eigenvalue weighted by Crippen LogP contribution is 2.30. The lowest BCUT2D eigenvalue weighted by atomic mass is 10.2. The van der Waals surface area contributed by atoms with Crippen molar-refractivity contribution in [2.45, 2.75) is 18.2 Å². The van der Waals surface area contributed by atoms with Crippen molar-refractivity contribution in [3.63, 3.8) is 0 Å². The summed E-state index contributed by atoms with van der Waals surface area (Å²) in [6.07, 6.45) is 1.99. The quantitative estimate of drug-likeness (QED) is 0.814. The smallest absolute Gasteiger partial charge is 0.219 e. The predicted molar refractivity (Wildman–Crippen MR) is 83.0 cm³/mol. The second kappa shape index (κ2) is 5.93. The topological polar surface area (TPSA) is 83.7 Å². The van der Waals surface area contributed by atoms with Gasteiger partial charge in [-0.1, -0.05) is 6.07 Å². The van der Waals surface area contributed by atoms with Gasteiger partial charge in [0.1, 0.15) is 0 Å². The van der Waals surface area contributed by atoms with Gasteiger partial charge in [-0.05, 0) is 18.6 Å². The fourth-order valence-electron chi connectivity index (χ4n) is 2.60. The van der Waals surface area contributed by atoms with Crippen molar-refractivity contribution in [2.75, 3.05) is 43.1 Å². The number of nitrogen functional groups attached to an aromatic ring is 1. The van der Waals surface area contributed by atoms with E-state index >= 15 is 0 Å². The lowest BCUT2D eigenvalue weighted by Gasteiger charge is -2.25. The van der Waals surface area contributed by atoms with Crippen LogP contribution in [0.3, 0.4) is 0 Å². The van der Waals surface area contributed by atoms with Gasteiger partial charge in [0.05, 0.1) is 16.3 Å². The average Bonchev–Trinajstić information content (AvgIpc) is 2.63. The lowest BCUT2D eigenvalue weighted by Crippen LogP contribution is -2.33. The zero-order valence-corrected chi connectivity index (χ0v) is 13.2. The number of benzene rings is 1. The third-order valence-electron chi connectivity index (χ3n) is 3.72. The van der Waals surface area contributed by atoms with Crippen LogP contribution in [0.4, 0.5) is 11.4 Å². The van der Waals surface area contributed by atoms with Gasteiger partial charge in [-0.25, -0.2) is 8.42 Å². The minimum atomic E-state index is -3.34. The normalized spacial score (nSPS) is 16.7. The van der Waals surface area contributed by atoms with E-state index in [0.29, 0.717) is 13.1 Å². The molecule has 0 bridgehead atoms. The molecule has 116 valence electrons. The number of carbonyl (C=O) groups excluding carboxylic acids is 1. The van der Waals surface area contributed by atoms with Crippen LogP contribution < -0.4 is 10.6 Å². The predicted octanol–water partition coefficient (Wildman–Crippen LogP) is 0.731. The maximum Gasteiger partial charge on any atom is 0.219 e. The summed E-state index contributed by atoms with van der Waals surface area (Å²) in [5.41, 5.74) is 7.06. The third-order valence-corrected chi connectivity index (χ3v) is 4.88. The molecule has 7 heteroatoms. The first kappa shape index (κ1) is 15.6. The van der Waals surface area contributed by atoms with Crippen molar-refractivity contribution < 1.29 is 13.2 Å². The molecule has 0 unspecified atom stereocenters. The Labute approximate surface area is 125 Å². The van der Waals surface area contributed by atoms with Gasteiger partial charge in [-0.2, -0.15) is 0 Å². The van der Waals surface area contributed by atoms with Crippen LogP contribution in [0.1, 0.15) is 13.3 Å². The fraction of sp³-hybridized carbons (Fsp3) is 0.500. The van der Waals surface area contributed by atoms with E-state index in [4.69, 9.17) is 5.73 Å². The molecule has 0 aromatic heterocycles. The molecule has 2 N–H and O–H groups in total. The minimum Gasteiger partial charge on any atom is -0.396 e. The van der Waals surface area contributed by atoms with Gasteiger partial charge < -0.3 is 15.5 Å². The molecule has 0 radical (unpaired) electrons. The van der Waals surface area contributed by atoms with Gasteiger partial charge in [0.2, 0.25) is 5.91 Å². The Bertz CT molecular complexity index is 643. The molecule has 1 fully saturated rings. The number of nitrogens with two attached hydrogens (primary N) is 1. The highest BCUT2D eigenvalue weighted by molar-refractivity contribution is 7.90. The first-order valence-electron chi connectivity index (χ1n) is 6.89. The molecule has 6 nitrogen and oxygen atoms in total. The van der Waals surface area contributed by atoms with E-state index in [0.717, 1.165) is 31.5 Å². The van der Waals surface area contributed by atoms with Crippen LogP contribution in [0.5, 0.6) is 0 Å². The maximum atomic E-state index is 11.7. The van der Waals surface area contributed by atoms with Crippen LogP contribution in [-0.2, 0) is 14.6 Å². The van der Waals surface area contributed by atoms with E-state index in [9.17, 15) is 13.2 Å². The zero-order valence-electron chi connectivity index (χ0n) is 12.4. The number of para-hydroxylation sites is 1. The summed E-state index contributed by atoms with van der Waals surface area (Å²) >= 11 is 0. The number of hydrogen-bond donors (Lipinski definition) is 1. The first-order chi connectivity index (χ1) is 9.80. The second-order valence-corrected chi connectivity index (χ2v) is 7.29. The molecule has 0 spiro atoms. The van der Waals surface area contributed by atoms with Gasteiger partial charge in [-0.3, -0.25) is 4.79 Å². The molecule has 0 saturated carbocycles. The summed E-state index contributed by atoms with van der Waals surface area (Å²) in [6.45, 7) is 4.31. The Morgan fingerprint density at radius 3 is 2.52 bits per heavy atom. The Morgan fingerprint density at radius 2 is 1.90 bits per heavy atom. The molecule has 1 amide bonds. The molecule has 1 aromatic rings. The zero-order chi connectivity index (χ0) is 15.6. The molecule has 21 heavy (non-hydrogen) atoms. The van der Waals surface area contributed by atoms with Gasteiger partial charge >= 0.3 is 0 Å². The van der Waals surface area contributed by atoms with E-state index in [2.05, 4.69) is 0 Å². The number of rotatable bonds is 2. The molecule has 0 atom stereocenters. The summed E-state index contributed by atoms with van der Waals surface area (Å²) in [5, 5.41) is 0. The summed E-state index contributed by atoms with van der Waals surface area (Å²) in [7, 11) is -3.34. The highest BCUT2D eigenvalue weighted by Gasteiger charge is 2.21. The van der Waals surface area contributed by atoms with Crippen molar-refractivity contribution in [3.8, 4) is 0 Å². The molecular formula is C14H21N3O3S. The fourth-order valence-corrected chi connectivity index (χ4v) is 3.43. The van der Waals surface area contributed by atoms with Crippen molar-refractivity contribution >= 4 is 27.1 Å². The SMILES string of the molecule is CC(=O)N1CCCN(c2cccc(S(C)(=O)=O)c2N)CC1. The number of sulfone groups is 1. The molecule has 1 heterocycles. The minimum absolute atomic E-state index is 0.0645. The number of carbonyl (C=O) groups is 1. The highest BCUT2D eigenvalue weighted by atomic mass is 32.2. The maximum absolute atomic E-state index is 11.7. The van der Waals surface area contributed by atoms with Crippen LogP contribution in [0.25, 0.3) is 0 Å². The van der Waals surface area contributed by atoms with E-state index < -0.39 is 9.84 Å². The Kier molecular flexibility index (Phi) is 4.41. The summed E-state index contributed by atoms with van der Waals surface area (Å²) in [5.74, 6) is 0.0645. The monoisotopic (exact) mass is 311 g/mol. The standard InChI is InChI=1S/C14H21N3O3S/c1-11(18)16-7-4-8-17(10-9-16)12-5-3-6-13(14(12)15)21(2,19)20/h3,5-6H,4,7-10,15H2,1-2H3. The molecule has 0 aliphatic carbocycles. The van der Waals surface area contributed by atoms with E-state index in [1.54, 1.807) is 17.9 Å². The second-order valence-electron chi connectivity index (χ2n) is 5.31. The van der Waals surface area contributed by atoms with E-state index in [1.807, 2.05) is 11.0 Å². The number of hydrogen-bond acceptors (Lipinski definition) is 5. The third kappa shape index (κ3) is 3.47. The van der Waals surface area contributed by atoms with Crippen LogP contribution >= 0.6 is 0 Å². The number of amides is 1. The molecular weight excluding hydrogens is 290 g/mol. The molecule has 1 aromatic carbocycles. The van der Waals surface area contributed by atoms with Crippen molar-refractivity contribution in [2.24, 2.45) is 0 Å². The van der Waals surface area contributed by atoms with Crippen molar-refractivity contribution in [3.05, 3.63) is 18.2 Å². The van der Waals surface area contributed by atoms with Crippen molar-refractivity contribution in [1.29, 1.82) is 0 Å². The Hall–Kier alpha value is -1.76. The Balaban J connectivity index is 2.29. The summed E-state index contributed by atoms with van der Waals surface area (Å²) in [4.78, 5) is 15.5. The first-order valence-corrected chi connectivity index (χ1v) is 8.79. The largest absolute Gasteiger partial charge is 0.396 e. The van der Waals surface area contributed by atoms with Crippen LogP contribution in [0.2, 0.25) is 0 Å². The van der Waals surface area contributed by atoms with E-state index in [1.165, 1.54) is 6.07 Å². The van der Waals surface area contributed by atoms with Crippen LogP contribution in [0, 0.1) is 0 Å². The van der Waals surface area contributed by atoms with Gasteiger partial charge in [0.25, 0.3) is 0 Å². The molecule has 1 saturated heterocycles. The molecule has 2 rings (SSSR count). The van der Waals surface area contributed by atoms with Crippen LogP contribution in [-0.4, -0.2) is 51.7 Å². The van der Waals surface area contributed by atoms with Gasteiger partial charge in [-0.15, -0.1) is 0 Å². The summed E-state index contributed by atoms with van der Waals surface area (Å²) in [6, 6.07) is 5.05. The van der Waals surface area contributed by atoms with Gasteiger partial charge in [0.15, 0.2) is 9.84 Å². The number of anilines is 2. The van der Waals surface area contributed by atoms with Gasteiger partial charge in [0, 0.05) is 39.4 Å².